The van der Waals surface area contributed by atoms with Gasteiger partial charge in [-0.05, 0) is 42.7 Å². The van der Waals surface area contributed by atoms with Gasteiger partial charge in [0.15, 0.2) is 11.5 Å². The smallest absolute Gasteiger partial charge is 0.229 e. The highest BCUT2D eigenvalue weighted by Gasteiger charge is 2.35. The number of hydrogen-bond acceptors (Lipinski definition) is 5. The summed E-state index contributed by atoms with van der Waals surface area (Å²) >= 11 is 0. The van der Waals surface area contributed by atoms with Crippen molar-refractivity contribution in [2.45, 2.75) is 32.6 Å². The number of hydrogen-bond donors (Lipinski definition) is 1. The lowest BCUT2D eigenvalue weighted by atomic mass is 10.1. The molecular weight excluding hydrogens is 408 g/mol. The van der Waals surface area contributed by atoms with Crippen LogP contribution in [-0.2, 0) is 20.7 Å². The van der Waals surface area contributed by atoms with Crippen LogP contribution in [0, 0.1) is 5.92 Å². The summed E-state index contributed by atoms with van der Waals surface area (Å²) in [5.74, 6) is 0.457. The van der Waals surface area contributed by atoms with Gasteiger partial charge in [-0.1, -0.05) is 25.5 Å². The SMILES string of the molecule is CCCCc1ccc(N2CC(C(=O)Nc3ccc(OC)c(OCCOC)c3)CC2=O)cc1. The molecule has 2 aromatic carbocycles. The van der Waals surface area contributed by atoms with Crippen LogP contribution < -0.4 is 19.7 Å². The third-order valence-corrected chi connectivity index (χ3v) is 5.54. The number of nitrogens with zero attached hydrogens (tertiary/aromatic N) is 1. The van der Waals surface area contributed by atoms with Gasteiger partial charge in [0.1, 0.15) is 6.61 Å². The van der Waals surface area contributed by atoms with Gasteiger partial charge in [-0.3, -0.25) is 9.59 Å². The molecular formula is C25H32N2O5. The number of unbranched alkanes of at least 4 members (excludes halogenated alkanes) is 1. The molecule has 0 radical (unpaired) electrons. The molecule has 7 nitrogen and oxygen atoms in total. The summed E-state index contributed by atoms with van der Waals surface area (Å²) in [5, 5.41) is 2.91. The normalized spacial score (nSPS) is 15.7. The summed E-state index contributed by atoms with van der Waals surface area (Å²) in [6.45, 7) is 3.35. The molecule has 172 valence electrons. The predicted octanol–water partition coefficient (Wildman–Crippen LogP) is 4.05. The molecule has 1 N–H and O–H groups in total. The van der Waals surface area contributed by atoms with Crippen LogP contribution in [0.2, 0.25) is 0 Å². The molecule has 32 heavy (non-hydrogen) atoms. The second kappa shape index (κ2) is 11.5. The quantitative estimate of drug-likeness (QED) is 0.534. The molecule has 2 amide bonds. The minimum absolute atomic E-state index is 0.0372. The largest absolute Gasteiger partial charge is 0.493 e. The van der Waals surface area contributed by atoms with Crippen molar-refractivity contribution in [1.82, 2.24) is 0 Å². The predicted molar refractivity (Wildman–Crippen MR) is 125 cm³/mol. The van der Waals surface area contributed by atoms with Crippen LogP contribution in [0.15, 0.2) is 42.5 Å². The Bertz CT molecular complexity index is 913. The molecule has 2 aromatic rings. The number of nitrogens with one attached hydrogen (secondary N) is 1. The molecule has 1 aliphatic rings. The highest BCUT2D eigenvalue weighted by Crippen LogP contribution is 2.31. The third-order valence-electron chi connectivity index (χ3n) is 5.54. The van der Waals surface area contributed by atoms with Crippen LogP contribution in [0.5, 0.6) is 11.5 Å². The van der Waals surface area contributed by atoms with E-state index in [2.05, 4.69) is 24.4 Å². The molecule has 7 heteroatoms. The number of rotatable bonds is 11. The number of anilines is 2. The summed E-state index contributed by atoms with van der Waals surface area (Å²) in [7, 11) is 3.16. The summed E-state index contributed by atoms with van der Waals surface area (Å²) in [6, 6.07) is 13.3. The van der Waals surface area contributed by atoms with Crippen molar-refractivity contribution in [3.8, 4) is 11.5 Å². The topological polar surface area (TPSA) is 77.1 Å². The maximum absolute atomic E-state index is 12.9. The minimum atomic E-state index is -0.415. The Balaban J connectivity index is 1.62. The van der Waals surface area contributed by atoms with Gasteiger partial charge in [0.25, 0.3) is 0 Å². The Morgan fingerprint density at radius 1 is 1.09 bits per heavy atom. The fraction of sp³-hybridized carbons (Fsp3) is 0.440. The number of carbonyl (C=O) groups is 2. The minimum Gasteiger partial charge on any atom is -0.493 e. The highest BCUT2D eigenvalue weighted by atomic mass is 16.5. The molecule has 1 fully saturated rings. The van der Waals surface area contributed by atoms with Crippen molar-refractivity contribution < 1.29 is 23.8 Å². The van der Waals surface area contributed by atoms with Crippen molar-refractivity contribution in [3.63, 3.8) is 0 Å². The van der Waals surface area contributed by atoms with E-state index >= 15 is 0 Å². The monoisotopic (exact) mass is 440 g/mol. The Kier molecular flexibility index (Phi) is 8.50. The van der Waals surface area contributed by atoms with E-state index in [-0.39, 0.29) is 18.2 Å². The first kappa shape index (κ1) is 23.6. The van der Waals surface area contributed by atoms with E-state index in [4.69, 9.17) is 14.2 Å². The van der Waals surface area contributed by atoms with Crippen LogP contribution in [-0.4, -0.2) is 45.8 Å². The molecule has 0 bridgehead atoms. The van der Waals surface area contributed by atoms with E-state index < -0.39 is 5.92 Å². The van der Waals surface area contributed by atoms with E-state index in [9.17, 15) is 9.59 Å². The van der Waals surface area contributed by atoms with Crippen molar-refractivity contribution in [2.75, 3.05) is 44.2 Å². The number of amides is 2. The summed E-state index contributed by atoms with van der Waals surface area (Å²) in [4.78, 5) is 27.1. The van der Waals surface area contributed by atoms with E-state index in [0.29, 0.717) is 36.9 Å². The second-order valence-corrected chi connectivity index (χ2v) is 7.87. The Morgan fingerprint density at radius 2 is 1.88 bits per heavy atom. The van der Waals surface area contributed by atoms with Gasteiger partial charge >= 0.3 is 0 Å². The Labute approximate surface area is 189 Å². The maximum atomic E-state index is 12.9. The van der Waals surface area contributed by atoms with E-state index in [0.717, 1.165) is 24.9 Å². The first-order valence-corrected chi connectivity index (χ1v) is 11.1. The second-order valence-electron chi connectivity index (χ2n) is 7.87. The number of carbonyl (C=O) groups excluding carboxylic acids is 2. The lowest BCUT2D eigenvalue weighted by Gasteiger charge is -2.17. The van der Waals surface area contributed by atoms with Gasteiger partial charge in [-0.2, -0.15) is 0 Å². The molecule has 3 rings (SSSR count). The maximum Gasteiger partial charge on any atom is 0.229 e. The van der Waals surface area contributed by atoms with Crippen molar-refractivity contribution in [2.24, 2.45) is 5.92 Å². The van der Waals surface area contributed by atoms with E-state index in [1.54, 1.807) is 37.3 Å². The molecule has 1 atom stereocenters. The van der Waals surface area contributed by atoms with Gasteiger partial charge in [0.2, 0.25) is 11.8 Å². The zero-order chi connectivity index (χ0) is 22.9. The fourth-order valence-corrected chi connectivity index (χ4v) is 3.70. The fourth-order valence-electron chi connectivity index (χ4n) is 3.70. The number of ether oxygens (including phenoxy) is 3. The lowest BCUT2D eigenvalue weighted by molar-refractivity contribution is -0.122. The Hall–Kier alpha value is -3.06. The van der Waals surface area contributed by atoms with Crippen LogP contribution in [0.1, 0.15) is 31.7 Å². The van der Waals surface area contributed by atoms with Crippen molar-refractivity contribution >= 4 is 23.2 Å². The van der Waals surface area contributed by atoms with Crippen LogP contribution in [0.25, 0.3) is 0 Å². The average molecular weight is 441 g/mol. The number of aryl methyl sites for hydroxylation is 1. The summed E-state index contributed by atoms with van der Waals surface area (Å²) in [6.07, 6.45) is 3.53. The first-order chi connectivity index (χ1) is 15.5. The van der Waals surface area contributed by atoms with Crippen LogP contribution in [0.3, 0.4) is 0 Å². The third kappa shape index (κ3) is 6.01. The first-order valence-electron chi connectivity index (χ1n) is 11.1. The number of benzene rings is 2. The van der Waals surface area contributed by atoms with Gasteiger partial charge < -0.3 is 24.4 Å². The van der Waals surface area contributed by atoms with E-state index in [1.165, 1.54) is 5.56 Å². The van der Waals surface area contributed by atoms with Gasteiger partial charge in [0, 0.05) is 37.5 Å². The standard InChI is InChI=1S/C25H32N2O5/c1-4-5-6-18-7-10-21(11-8-18)27-17-19(15-24(27)28)25(29)26-20-9-12-22(31-3)23(16-20)32-14-13-30-2/h7-12,16,19H,4-6,13-15,17H2,1-3H3,(H,26,29). The van der Waals surface area contributed by atoms with Crippen molar-refractivity contribution in [3.05, 3.63) is 48.0 Å². The van der Waals surface area contributed by atoms with E-state index in [1.807, 2.05) is 12.1 Å². The van der Waals surface area contributed by atoms with Crippen LogP contribution in [0.4, 0.5) is 11.4 Å². The summed E-state index contributed by atoms with van der Waals surface area (Å²) in [5.41, 5.74) is 2.69. The number of methoxy groups -OCH3 is 2. The summed E-state index contributed by atoms with van der Waals surface area (Å²) < 4.78 is 16.0. The molecule has 0 aliphatic carbocycles. The molecule has 1 unspecified atom stereocenters. The highest BCUT2D eigenvalue weighted by molar-refractivity contribution is 6.03. The molecule has 0 aromatic heterocycles. The molecule has 0 saturated carbocycles. The zero-order valence-corrected chi connectivity index (χ0v) is 19.1. The Morgan fingerprint density at radius 3 is 2.56 bits per heavy atom. The molecule has 1 aliphatic heterocycles. The molecule has 1 heterocycles. The van der Waals surface area contributed by atoms with Crippen molar-refractivity contribution in [1.29, 1.82) is 0 Å². The molecule has 1 saturated heterocycles. The molecule has 0 spiro atoms. The van der Waals surface area contributed by atoms with Gasteiger partial charge in [-0.25, -0.2) is 0 Å². The van der Waals surface area contributed by atoms with Gasteiger partial charge in [-0.15, -0.1) is 0 Å². The van der Waals surface area contributed by atoms with Gasteiger partial charge in [0.05, 0.1) is 19.6 Å². The van der Waals surface area contributed by atoms with Crippen LogP contribution >= 0.6 is 0 Å². The zero-order valence-electron chi connectivity index (χ0n) is 19.1. The average Bonchev–Trinajstić information content (AvgIpc) is 3.20. The lowest BCUT2D eigenvalue weighted by Crippen LogP contribution is -2.28.